The van der Waals surface area contributed by atoms with Gasteiger partial charge in [0.15, 0.2) is 0 Å². The molecule has 1 N–H and O–H groups in total. The Morgan fingerprint density at radius 1 is 1.19 bits per heavy atom. The minimum absolute atomic E-state index is 0.0517. The van der Waals surface area contributed by atoms with E-state index in [2.05, 4.69) is 20.4 Å². The number of nitrogens with one attached hydrogen (secondary N) is 1. The number of likely N-dealkylation sites (tertiary alicyclic amines) is 1. The van der Waals surface area contributed by atoms with Crippen LogP contribution < -0.4 is 10.1 Å². The molecule has 1 aliphatic heterocycles. The molecule has 2 aliphatic rings. The molecule has 1 aliphatic carbocycles. The zero-order chi connectivity index (χ0) is 18.6. The first-order chi connectivity index (χ1) is 13.2. The number of halogens is 1. The first kappa shape index (κ1) is 18.3. The molecule has 0 atom stereocenters. The Labute approximate surface area is 161 Å². The van der Waals surface area contributed by atoms with Crippen LogP contribution in [-0.2, 0) is 4.79 Å². The summed E-state index contributed by atoms with van der Waals surface area (Å²) in [4.78, 5) is 14.4. The molecule has 6 nitrogen and oxygen atoms in total. The van der Waals surface area contributed by atoms with Crippen LogP contribution in [0.15, 0.2) is 24.3 Å². The Bertz CT molecular complexity index is 770. The maximum Gasteiger partial charge on any atom is 0.240 e. The van der Waals surface area contributed by atoms with Crippen molar-refractivity contribution in [2.45, 2.75) is 44.1 Å². The summed E-state index contributed by atoms with van der Waals surface area (Å²) >= 11 is 1.49. The highest BCUT2D eigenvalue weighted by Gasteiger charge is 2.25. The first-order valence-electron chi connectivity index (χ1n) is 9.43. The molecule has 0 unspecified atom stereocenters. The van der Waals surface area contributed by atoms with Gasteiger partial charge in [0.1, 0.15) is 22.7 Å². The van der Waals surface area contributed by atoms with Crippen molar-refractivity contribution in [3.63, 3.8) is 0 Å². The first-order valence-corrected chi connectivity index (χ1v) is 10.3. The fourth-order valence-electron chi connectivity index (χ4n) is 3.36. The molecule has 4 rings (SSSR count). The maximum absolute atomic E-state index is 12.9. The van der Waals surface area contributed by atoms with E-state index in [0.717, 1.165) is 30.9 Å². The van der Waals surface area contributed by atoms with E-state index in [9.17, 15) is 9.18 Å². The highest BCUT2D eigenvalue weighted by atomic mass is 32.1. The normalized spacial score (nSPS) is 18.9. The van der Waals surface area contributed by atoms with Gasteiger partial charge < -0.3 is 4.74 Å². The SMILES string of the molecule is O=C(CN1CCC(Oc2ccc(F)cc2)CC1)Nc1nnc(C2CCC2)s1. The summed E-state index contributed by atoms with van der Waals surface area (Å²) in [5.74, 6) is 0.905. The van der Waals surface area contributed by atoms with Crippen molar-refractivity contribution in [1.29, 1.82) is 0 Å². The van der Waals surface area contributed by atoms with E-state index in [4.69, 9.17) is 4.74 Å². The van der Waals surface area contributed by atoms with E-state index in [-0.39, 0.29) is 17.8 Å². The van der Waals surface area contributed by atoms with Crippen LogP contribution in [0, 0.1) is 5.82 Å². The predicted molar refractivity (Wildman–Crippen MR) is 102 cm³/mol. The third kappa shape index (κ3) is 4.81. The summed E-state index contributed by atoms with van der Waals surface area (Å²) in [7, 11) is 0. The summed E-state index contributed by atoms with van der Waals surface area (Å²) in [5, 5.41) is 12.8. The van der Waals surface area contributed by atoms with Crippen LogP contribution in [0.3, 0.4) is 0 Å². The number of hydrogen-bond acceptors (Lipinski definition) is 6. The van der Waals surface area contributed by atoms with Crippen LogP contribution in [0.5, 0.6) is 5.75 Å². The molecule has 2 fully saturated rings. The molecule has 144 valence electrons. The number of piperidine rings is 1. The van der Waals surface area contributed by atoms with Gasteiger partial charge in [-0.05, 0) is 49.9 Å². The Hall–Kier alpha value is -2.06. The van der Waals surface area contributed by atoms with Gasteiger partial charge in [-0.25, -0.2) is 4.39 Å². The monoisotopic (exact) mass is 390 g/mol. The van der Waals surface area contributed by atoms with Gasteiger partial charge in [-0.2, -0.15) is 0 Å². The number of hydrogen-bond donors (Lipinski definition) is 1. The fraction of sp³-hybridized carbons (Fsp3) is 0.526. The van der Waals surface area contributed by atoms with Gasteiger partial charge in [-0.3, -0.25) is 15.0 Å². The molecular formula is C19H23FN4O2S. The standard InChI is InChI=1S/C19H23FN4O2S/c20-14-4-6-15(7-5-14)26-16-8-10-24(11-9-16)12-17(25)21-19-23-22-18(27-19)13-2-1-3-13/h4-7,13,16H,1-3,8-12H2,(H,21,23,25). The minimum Gasteiger partial charge on any atom is -0.490 e. The van der Waals surface area contributed by atoms with Gasteiger partial charge in [0.05, 0.1) is 6.54 Å². The molecule has 0 bridgehead atoms. The van der Waals surface area contributed by atoms with Crippen LogP contribution >= 0.6 is 11.3 Å². The Balaban J connectivity index is 1.20. The smallest absolute Gasteiger partial charge is 0.240 e. The minimum atomic E-state index is -0.265. The molecule has 1 aromatic carbocycles. The molecule has 1 saturated carbocycles. The van der Waals surface area contributed by atoms with Crippen molar-refractivity contribution in [3.8, 4) is 5.75 Å². The highest BCUT2D eigenvalue weighted by molar-refractivity contribution is 7.15. The number of rotatable bonds is 6. The van der Waals surface area contributed by atoms with Gasteiger partial charge in [0.25, 0.3) is 0 Å². The molecule has 1 saturated heterocycles. The van der Waals surface area contributed by atoms with Crippen LogP contribution in [0.2, 0.25) is 0 Å². The summed E-state index contributed by atoms with van der Waals surface area (Å²) in [5.41, 5.74) is 0. The molecule has 1 amide bonds. The summed E-state index contributed by atoms with van der Waals surface area (Å²) in [6, 6.07) is 6.10. The number of aromatic nitrogens is 2. The second kappa shape index (κ2) is 8.31. The van der Waals surface area contributed by atoms with E-state index in [1.165, 1.54) is 42.7 Å². The van der Waals surface area contributed by atoms with Crippen molar-refractivity contribution >= 4 is 22.4 Å². The number of benzene rings is 1. The Morgan fingerprint density at radius 3 is 2.59 bits per heavy atom. The average Bonchev–Trinajstić information content (AvgIpc) is 3.04. The van der Waals surface area contributed by atoms with E-state index in [1.807, 2.05) is 0 Å². The maximum atomic E-state index is 12.9. The molecule has 8 heteroatoms. The zero-order valence-corrected chi connectivity index (χ0v) is 15.9. The molecule has 1 aromatic heterocycles. The Morgan fingerprint density at radius 2 is 1.93 bits per heavy atom. The lowest BCUT2D eigenvalue weighted by atomic mass is 9.86. The second-order valence-corrected chi connectivity index (χ2v) is 8.18. The lowest BCUT2D eigenvalue weighted by Crippen LogP contribution is -2.42. The van der Waals surface area contributed by atoms with Gasteiger partial charge in [0, 0.05) is 19.0 Å². The van der Waals surface area contributed by atoms with Gasteiger partial charge >= 0.3 is 0 Å². The Kier molecular flexibility index (Phi) is 5.63. The molecule has 0 radical (unpaired) electrons. The van der Waals surface area contributed by atoms with Crippen molar-refractivity contribution in [1.82, 2.24) is 15.1 Å². The number of amides is 1. The van der Waals surface area contributed by atoms with Crippen LogP contribution in [0.4, 0.5) is 9.52 Å². The topological polar surface area (TPSA) is 67.3 Å². The summed E-state index contributed by atoms with van der Waals surface area (Å²) < 4.78 is 18.8. The molecule has 27 heavy (non-hydrogen) atoms. The predicted octanol–water partition coefficient (Wildman–Crippen LogP) is 3.43. The largest absolute Gasteiger partial charge is 0.490 e. The van der Waals surface area contributed by atoms with Crippen LogP contribution in [-0.4, -0.2) is 46.7 Å². The van der Waals surface area contributed by atoms with E-state index in [0.29, 0.717) is 23.3 Å². The van der Waals surface area contributed by atoms with E-state index >= 15 is 0 Å². The average molecular weight is 390 g/mol. The van der Waals surface area contributed by atoms with Gasteiger partial charge in [0.2, 0.25) is 11.0 Å². The van der Waals surface area contributed by atoms with E-state index < -0.39 is 0 Å². The lowest BCUT2D eigenvalue weighted by molar-refractivity contribution is -0.117. The summed E-state index contributed by atoms with van der Waals surface area (Å²) in [6.07, 6.45) is 5.40. The highest BCUT2D eigenvalue weighted by Crippen LogP contribution is 2.38. The van der Waals surface area contributed by atoms with Crippen LogP contribution in [0.25, 0.3) is 0 Å². The van der Waals surface area contributed by atoms with Crippen molar-refractivity contribution in [2.75, 3.05) is 25.0 Å². The molecule has 0 spiro atoms. The number of carbonyl (C=O) groups excluding carboxylic acids is 1. The van der Waals surface area contributed by atoms with Crippen molar-refractivity contribution in [3.05, 3.63) is 35.1 Å². The number of anilines is 1. The fourth-order valence-corrected chi connectivity index (χ4v) is 4.29. The lowest BCUT2D eigenvalue weighted by Gasteiger charge is -2.31. The van der Waals surface area contributed by atoms with Gasteiger partial charge in [-0.15, -0.1) is 10.2 Å². The summed E-state index contributed by atoms with van der Waals surface area (Å²) in [6.45, 7) is 1.94. The number of carbonyl (C=O) groups is 1. The molecule has 2 heterocycles. The third-order valence-corrected chi connectivity index (χ3v) is 6.16. The number of ether oxygens (including phenoxy) is 1. The third-order valence-electron chi connectivity index (χ3n) is 5.16. The zero-order valence-electron chi connectivity index (χ0n) is 15.1. The van der Waals surface area contributed by atoms with Crippen molar-refractivity contribution in [2.24, 2.45) is 0 Å². The van der Waals surface area contributed by atoms with Crippen molar-refractivity contribution < 1.29 is 13.9 Å². The van der Waals surface area contributed by atoms with E-state index in [1.54, 1.807) is 12.1 Å². The molecule has 2 aromatic rings. The number of nitrogens with zero attached hydrogens (tertiary/aromatic N) is 3. The quantitative estimate of drug-likeness (QED) is 0.819. The van der Waals surface area contributed by atoms with Crippen LogP contribution in [0.1, 0.15) is 43.0 Å². The molecular weight excluding hydrogens is 367 g/mol. The van der Waals surface area contributed by atoms with Gasteiger partial charge in [-0.1, -0.05) is 17.8 Å². The second-order valence-electron chi connectivity index (χ2n) is 7.17.